The molecular weight excluding hydrogens is 202 g/mol. The Balaban J connectivity index is 2.69. The first-order valence-corrected chi connectivity index (χ1v) is 5.34. The number of nitrogens with zero attached hydrogens (tertiary/aromatic N) is 1. The zero-order valence-electron chi connectivity index (χ0n) is 9.40. The van der Waals surface area contributed by atoms with Crippen LogP contribution in [0.3, 0.4) is 0 Å². The van der Waals surface area contributed by atoms with Crippen LogP contribution in [0.1, 0.15) is 25.3 Å². The summed E-state index contributed by atoms with van der Waals surface area (Å²) in [6.45, 7) is 2.22. The first-order valence-electron chi connectivity index (χ1n) is 5.34. The number of nitrogens with two attached hydrogens (primary N) is 1. The number of aliphatic hydroxyl groups is 1. The van der Waals surface area contributed by atoms with Crippen molar-refractivity contribution in [2.75, 3.05) is 17.7 Å². The third kappa shape index (κ3) is 3.44. The van der Waals surface area contributed by atoms with Crippen molar-refractivity contribution >= 4 is 11.4 Å². The summed E-state index contributed by atoms with van der Waals surface area (Å²) in [4.78, 5) is 0. The van der Waals surface area contributed by atoms with E-state index in [9.17, 15) is 0 Å². The molecule has 0 aliphatic heterocycles. The van der Waals surface area contributed by atoms with Gasteiger partial charge in [-0.25, -0.2) is 0 Å². The number of nitrogens with one attached hydrogen (secondary N) is 1. The normalized spacial score (nSPS) is 11.8. The second-order valence-corrected chi connectivity index (χ2v) is 3.83. The van der Waals surface area contributed by atoms with E-state index in [1.54, 1.807) is 18.2 Å². The molecule has 1 unspecified atom stereocenters. The Labute approximate surface area is 95.7 Å². The molecule has 0 aromatic heterocycles. The van der Waals surface area contributed by atoms with Gasteiger partial charge in [0.2, 0.25) is 0 Å². The van der Waals surface area contributed by atoms with Crippen molar-refractivity contribution in [3.05, 3.63) is 23.8 Å². The SMILES string of the molecule is CC(CCCO)Nc1cc(C#N)ccc1N. The molecule has 86 valence electrons. The molecule has 4 nitrogen and oxygen atoms in total. The van der Waals surface area contributed by atoms with Crippen LogP contribution in [0.25, 0.3) is 0 Å². The fourth-order valence-corrected chi connectivity index (χ4v) is 1.49. The molecule has 0 heterocycles. The van der Waals surface area contributed by atoms with Gasteiger partial charge in [-0.3, -0.25) is 0 Å². The van der Waals surface area contributed by atoms with E-state index in [0.29, 0.717) is 11.3 Å². The van der Waals surface area contributed by atoms with Crippen LogP contribution in [0.5, 0.6) is 0 Å². The molecule has 1 rings (SSSR count). The van der Waals surface area contributed by atoms with E-state index in [0.717, 1.165) is 18.5 Å². The van der Waals surface area contributed by atoms with Crippen molar-refractivity contribution in [2.45, 2.75) is 25.8 Å². The van der Waals surface area contributed by atoms with Crippen molar-refractivity contribution in [1.29, 1.82) is 5.26 Å². The Kier molecular flexibility index (Phi) is 4.62. The van der Waals surface area contributed by atoms with Gasteiger partial charge in [-0.15, -0.1) is 0 Å². The molecule has 0 saturated carbocycles. The van der Waals surface area contributed by atoms with Crippen LogP contribution in [0.2, 0.25) is 0 Å². The second-order valence-electron chi connectivity index (χ2n) is 3.83. The number of aliphatic hydroxyl groups excluding tert-OH is 1. The number of anilines is 2. The van der Waals surface area contributed by atoms with Gasteiger partial charge in [0.1, 0.15) is 0 Å². The van der Waals surface area contributed by atoms with Crippen molar-refractivity contribution in [3.8, 4) is 6.07 Å². The van der Waals surface area contributed by atoms with E-state index in [1.165, 1.54) is 0 Å². The number of hydrogen-bond acceptors (Lipinski definition) is 4. The quantitative estimate of drug-likeness (QED) is 0.658. The smallest absolute Gasteiger partial charge is 0.0992 e. The van der Waals surface area contributed by atoms with Crippen LogP contribution < -0.4 is 11.1 Å². The van der Waals surface area contributed by atoms with E-state index in [-0.39, 0.29) is 12.6 Å². The van der Waals surface area contributed by atoms with Crippen LogP contribution in [0.4, 0.5) is 11.4 Å². The molecular formula is C12H17N3O. The van der Waals surface area contributed by atoms with Crippen molar-refractivity contribution in [2.24, 2.45) is 0 Å². The second kappa shape index (κ2) is 5.99. The van der Waals surface area contributed by atoms with E-state index in [4.69, 9.17) is 16.1 Å². The molecule has 0 bridgehead atoms. The Bertz CT molecular complexity index is 384. The molecule has 0 aliphatic rings. The predicted octanol–water partition coefficient (Wildman–Crippen LogP) is 1.71. The molecule has 4 N–H and O–H groups in total. The topological polar surface area (TPSA) is 82.1 Å². The zero-order valence-corrected chi connectivity index (χ0v) is 9.40. The van der Waals surface area contributed by atoms with Gasteiger partial charge in [0.05, 0.1) is 23.0 Å². The molecule has 0 fully saturated rings. The molecule has 1 aromatic carbocycles. The van der Waals surface area contributed by atoms with E-state index in [2.05, 4.69) is 11.4 Å². The number of hydrogen-bond donors (Lipinski definition) is 3. The highest BCUT2D eigenvalue weighted by Crippen LogP contribution is 2.21. The lowest BCUT2D eigenvalue weighted by Crippen LogP contribution is -2.16. The Morgan fingerprint density at radius 3 is 2.94 bits per heavy atom. The maximum Gasteiger partial charge on any atom is 0.0992 e. The lowest BCUT2D eigenvalue weighted by molar-refractivity contribution is 0.282. The minimum absolute atomic E-state index is 0.194. The highest BCUT2D eigenvalue weighted by Gasteiger charge is 2.05. The maximum absolute atomic E-state index is 8.78. The fourth-order valence-electron chi connectivity index (χ4n) is 1.49. The number of nitriles is 1. The van der Waals surface area contributed by atoms with Crippen molar-refractivity contribution in [3.63, 3.8) is 0 Å². The standard InChI is InChI=1S/C12H17N3O/c1-9(3-2-6-16)15-12-7-10(8-13)4-5-11(12)14/h4-5,7,9,15-16H,2-3,6,14H2,1H3. The molecule has 0 amide bonds. The highest BCUT2D eigenvalue weighted by molar-refractivity contribution is 5.68. The van der Waals surface area contributed by atoms with Crippen LogP contribution >= 0.6 is 0 Å². The summed E-state index contributed by atoms with van der Waals surface area (Å²) in [7, 11) is 0. The van der Waals surface area contributed by atoms with Gasteiger partial charge < -0.3 is 16.2 Å². The largest absolute Gasteiger partial charge is 0.397 e. The van der Waals surface area contributed by atoms with Crippen LogP contribution in [0.15, 0.2) is 18.2 Å². The van der Waals surface area contributed by atoms with Crippen LogP contribution in [-0.4, -0.2) is 17.8 Å². The zero-order chi connectivity index (χ0) is 12.0. The lowest BCUT2D eigenvalue weighted by Gasteiger charge is -2.16. The molecule has 0 aliphatic carbocycles. The van der Waals surface area contributed by atoms with Crippen LogP contribution in [0, 0.1) is 11.3 Å². The average Bonchev–Trinajstić information content (AvgIpc) is 2.29. The third-order valence-corrected chi connectivity index (χ3v) is 2.38. The van der Waals surface area contributed by atoms with E-state index < -0.39 is 0 Å². The van der Waals surface area contributed by atoms with Gasteiger partial charge >= 0.3 is 0 Å². The third-order valence-electron chi connectivity index (χ3n) is 2.38. The highest BCUT2D eigenvalue weighted by atomic mass is 16.2. The number of nitrogen functional groups attached to an aromatic ring is 1. The fraction of sp³-hybridized carbons (Fsp3) is 0.417. The first-order chi connectivity index (χ1) is 7.67. The van der Waals surface area contributed by atoms with Gasteiger partial charge in [-0.2, -0.15) is 5.26 Å². The Hall–Kier alpha value is -1.73. The van der Waals surface area contributed by atoms with Gasteiger partial charge in [0.15, 0.2) is 0 Å². The molecule has 0 radical (unpaired) electrons. The summed E-state index contributed by atoms with van der Waals surface area (Å²) < 4.78 is 0. The van der Waals surface area contributed by atoms with E-state index in [1.807, 2.05) is 6.92 Å². The van der Waals surface area contributed by atoms with Crippen molar-refractivity contribution in [1.82, 2.24) is 0 Å². The molecule has 16 heavy (non-hydrogen) atoms. The summed E-state index contributed by atoms with van der Waals surface area (Å²) in [5, 5.41) is 20.7. The lowest BCUT2D eigenvalue weighted by atomic mass is 10.1. The molecule has 4 heteroatoms. The van der Waals surface area contributed by atoms with Gasteiger partial charge in [-0.1, -0.05) is 0 Å². The molecule has 1 aromatic rings. The van der Waals surface area contributed by atoms with Crippen molar-refractivity contribution < 1.29 is 5.11 Å². The van der Waals surface area contributed by atoms with Crippen LogP contribution in [-0.2, 0) is 0 Å². The van der Waals surface area contributed by atoms with Gasteiger partial charge in [0.25, 0.3) is 0 Å². The predicted molar refractivity (Wildman–Crippen MR) is 65.0 cm³/mol. The Morgan fingerprint density at radius 1 is 1.56 bits per heavy atom. The van der Waals surface area contributed by atoms with Gasteiger partial charge in [-0.05, 0) is 38.0 Å². The summed E-state index contributed by atoms with van der Waals surface area (Å²) in [5.74, 6) is 0. The minimum atomic E-state index is 0.194. The Morgan fingerprint density at radius 2 is 2.31 bits per heavy atom. The summed E-state index contributed by atoms with van der Waals surface area (Å²) >= 11 is 0. The molecule has 1 atom stereocenters. The summed E-state index contributed by atoms with van der Waals surface area (Å²) in [6.07, 6.45) is 1.62. The first kappa shape index (κ1) is 12.3. The van der Waals surface area contributed by atoms with E-state index >= 15 is 0 Å². The average molecular weight is 219 g/mol. The van der Waals surface area contributed by atoms with Gasteiger partial charge in [0, 0.05) is 12.6 Å². The maximum atomic E-state index is 8.78. The summed E-state index contributed by atoms with van der Waals surface area (Å²) in [5.41, 5.74) is 7.80. The minimum Gasteiger partial charge on any atom is -0.397 e. The number of rotatable bonds is 5. The number of benzene rings is 1. The monoisotopic (exact) mass is 219 g/mol. The summed E-state index contributed by atoms with van der Waals surface area (Å²) in [6, 6.07) is 7.46. The molecule has 0 saturated heterocycles. The molecule has 0 spiro atoms.